The maximum Gasteiger partial charge on any atom is 0.270 e. The van der Waals surface area contributed by atoms with Crippen LogP contribution in [0.25, 0.3) is 10.6 Å². The van der Waals surface area contributed by atoms with Gasteiger partial charge in [-0.1, -0.05) is 17.4 Å². The first kappa shape index (κ1) is 20.9. The summed E-state index contributed by atoms with van der Waals surface area (Å²) < 4.78 is 5.11. The summed E-state index contributed by atoms with van der Waals surface area (Å²) in [4.78, 5) is 34.9. The number of nitro groups is 1. The Bertz CT molecular complexity index is 1080. The van der Waals surface area contributed by atoms with Crippen LogP contribution in [0.3, 0.4) is 0 Å². The quantitative estimate of drug-likeness (QED) is 0.437. The van der Waals surface area contributed by atoms with Gasteiger partial charge in [-0.15, -0.1) is 10.2 Å². The van der Waals surface area contributed by atoms with E-state index in [9.17, 15) is 19.7 Å². The highest BCUT2D eigenvalue weighted by Crippen LogP contribution is 2.27. The molecule has 0 saturated heterocycles. The number of hydrogen-bond acceptors (Lipinski definition) is 8. The first-order valence-electron chi connectivity index (χ1n) is 8.71. The van der Waals surface area contributed by atoms with E-state index in [0.717, 1.165) is 11.6 Å². The summed E-state index contributed by atoms with van der Waals surface area (Å²) in [5.41, 5.74) is 0.696. The molecule has 0 aliphatic heterocycles. The van der Waals surface area contributed by atoms with Crippen molar-refractivity contribution in [2.24, 2.45) is 0 Å². The molecule has 1 aromatic heterocycles. The number of nitro benzene ring substituents is 1. The molecule has 1 atom stereocenters. The first-order valence-corrected chi connectivity index (χ1v) is 9.53. The van der Waals surface area contributed by atoms with Crippen molar-refractivity contribution >= 4 is 34.0 Å². The summed E-state index contributed by atoms with van der Waals surface area (Å²) in [5, 5.41) is 24.8. The number of benzene rings is 2. The fraction of sp³-hybridized carbons (Fsp3) is 0.158. The lowest BCUT2D eigenvalue weighted by atomic mass is 10.1. The molecule has 1 unspecified atom stereocenters. The predicted octanol–water partition coefficient (Wildman–Crippen LogP) is 2.88. The lowest BCUT2D eigenvalue weighted by Crippen LogP contribution is -2.41. The van der Waals surface area contributed by atoms with Crippen LogP contribution in [0.1, 0.15) is 17.3 Å². The van der Waals surface area contributed by atoms with Crippen LogP contribution in [-0.4, -0.2) is 40.1 Å². The number of rotatable bonds is 7. The summed E-state index contributed by atoms with van der Waals surface area (Å²) in [7, 11) is 1.58. The molecule has 11 heteroatoms. The molecule has 0 bridgehead atoms. The van der Waals surface area contributed by atoms with E-state index in [1.165, 1.54) is 36.5 Å². The minimum Gasteiger partial charge on any atom is -0.497 e. The number of anilines is 1. The van der Waals surface area contributed by atoms with Gasteiger partial charge >= 0.3 is 0 Å². The summed E-state index contributed by atoms with van der Waals surface area (Å²) in [6, 6.07) is 11.6. The SMILES string of the molecule is COc1ccc(-c2nnc(NC(=O)C(C)NC(=O)c3cccc([N+](=O)[O-])c3)s2)cc1. The zero-order chi connectivity index (χ0) is 21.7. The third kappa shape index (κ3) is 4.94. The van der Waals surface area contributed by atoms with E-state index < -0.39 is 22.8 Å². The van der Waals surface area contributed by atoms with Gasteiger partial charge in [-0.25, -0.2) is 0 Å². The standard InChI is InChI=1S/C19H17N5O5S/c1-11(20-17(26)13-4-3-5-14(10-13)24(27)28)16(25)21-19-23-22-18(30-19)12-6-8-15(29-2)9-7-12/h3-11H,1-2H3,(H,20,26)(H,21,23,25). The summed E-state index contributed by atoms with van der Waals surface area (Å²) in [6.07, 6.45) is 0. The highest BCUT2D eigenvalue weighted by atomic mass is 32.1. The van der Waals surface area contributed by atoms with Crippen LogP contribution in [0.15, 0.2) is 48.5 Å². The number of carbonyl (C=O) groups is 2. The Morgan fingerprint density at radius 1 is 1.17 bits per heavy atom. The molecule has 0 aliphatic rings. The number of aromatic nitrogens is 2. The molecule has 3 aromatic rings. The van der Waals surface area contributed by atoms with Crippen LogP contribution in [0.5, 0.6) is 5.75 Å². The van der Waals surface area contributed by atoms with Crippen LogP contribution in [0, 0.1) is 10.1 Å². The van der Waals surface area contributed by atoms with Gasteiger partial charge in [0.25, 0.3) is 11.6 Å². The lowest BCUT2D eigenvalue weighted by Gasteiger charge is -2.12. The third-order valence-corrected chi connectivity index (χ3v) is 4.94. The summed E-state index contributed by atoms with van der Waals surface area (Å²) in [5.74, 6) is -0.381. The van der Waals surface area contributed by atoms with Crippen molar-refractivity contribution in [1.29, 1.82) is 0 Å². The number of methoxy groups -OCH3 is 1. The van der Waals surface area contributed by atoms with Crippen molar-refractivity contribution in [3.8, 4) is 16.3 Å². The smallest absolute Gasteiger partial charge is 0.270 e. The normalized spacial score (nSPS) is 11.4. The van der Waals surface area contributed by atoms with E-state index in [4.69, 9.17) is 4.74 Å². The Labute approximate surface area is 175 Å². The largest absolute Gasteiger partial charge is 0.497 e. The van der Waals surface area contributed by atoms with E-state index in [2.05, 4.69) is 20.8 Å². The van der Waals surface area contributed by atoms with Gasteiger partial charge in [0, 0.05) is 23.3 Å². The topological polar surface area (TPSA) is 136 Å². The van der Waals surface area contributed by atoms with Crippen molar-refractivity contribution in [2.75, 3.05) is 12.4 Å². The molecule has 0 spiro atoms. The average molecular weight is 427 g/mol. The molecule has 3 rings (SSSR count). The second-order valence-electron chi connectivity index (χ2n) is 6.13. The van der Waals surface area contributed by atoms with Gasteiger partial charge in [0.05, 0.1) is 12.0 Å². The van der Waals surface area contributed by atoms with Gasteiger partial charge in [-0.05, 0) is 37.3 Å². The number of nitrogens with one attached hydrogen (secondary N) is 2. The van der Waals surface area contributed by atoms with Crippen LogP contribution >= 0.6 is 11.3 Å². The highest BCUT2D eigenvalue weighted by molar-refractivity contribution is 7.18. The highest BCUT2D eigenvalue weighted by Gasteiger charge is 2.20. The minimum atomic E-state index is -0.898. The molecule has 2 N–H and O–H groups in total. The van der Waals surface area contributed by atoms with Crippen LogP contribution in [-0.2, 0) is 4.79 Å². The van der Waals surface area contributed by atoms with E-state index in [-0.39, 0.29) is 16.4 Å². The number of carbonyl (C=O) groups excluding carboxylic acids is 2. The zero-order valence-corrected chi connectivity index (χ0v) is 16.8. The Kier molecular flexibility index (Phi) is 6.32. The van der Waals surface area contributed by atoms with Crippen molar-refractivity contribution in [3.63, 3.8) is 0 Å². The molecule has 2 amide bonds. The molecule has 30 heavy (non-hydrogen) atoms. The monoisotopic (exact) mass is 427 g/mol. The van der Waals surface area contributed by atoms with E-state index in [1.807, 2.05) is 12.1 Å². The van der Waals surface area contributed by atoms with Gasteiger partial charge in [0.15, 0.2) is 0 Å². The number of amides is 2. The minimum absolute atomic E-state index is 0.0848. The first-order chi connectivity index (χ1) is 14.4. The maximum atomic E-state index is 12.4. The van der Waals surface area contributed by atoms with Crippen molar-refractivity contribution < 1.29 is 19.2 Å². The van der Waals surface area contributed by atoms with Gasteiger partial charge < -0.3 is 10.1 Å². The molecule has 0 saturated carbocycles. The van der Waals surface area contributed by atoms with Crippen molar-refractivity contribution in [2.45, 2.75) is 13.0 Å². The zero-order valence-electron chi connectivity index (χ0n) is 16.0. The molecular formula is C19H17N5O5S. The van der Waals surface area contributed by atoms with E-state index in [1.54, 1.807) is 19.2 Å². The van der Waals surface area contributed by atoms with E-state index in [0.29, 0.717) is 10.8 Å². The molecule has 2 aromatic carbocycles. The number of non-ortho nitro benzene ring substituents is 1. The number of ether oxygens (including phenoxy) is 1. The molecule has 154 valence electrons. The van der Waals surface area contributed by atoms with Crippen LogP contribution < -0.4 is 15.4 Å². The second-order valence-corrected chi connectivity index (χ2v) is 7.11. The number of hydrogen-bond donors (Lipinski definition) is 2. The second kappa shape index (κ2) is 9.09. The van der Waals surface area contributed by atoms with Gasteiger partial charge in [-0.2, -0.15) is 0 Å². The molecular weight excluding hydrogens is 410 g/mol. The fourth-order valence-corrected chi connectivity index (χ4v) is 3.20. The van der Waals surface area contributed by atoms with Crippen LogP contribution in [0.4, 0.5) is 10.8 Å². The van der Waals surface area contributed by atoms with Crippen molar-refractivity contribution in [3.05, 3.63) is 64.2 Å². The number of nitrogens with zero attached hydrogens (tertiary/aromatic N) is 3. The third-order valence-electron chi connectivity index (χ3n) is 4.05. The van der Waals surface area contributed by atoms with Crippen LogP contribution in [0.2, 0.25) is 0 Å². The molecule has 0 aliphatic carbocycles. The Balaban J connectivity index is 1.61. The molecule has 0 fully saturated rings. The fourth-order valence-electron chi connectivity index (χ4n) is 2.44. The maximum absolute atomic E-state index is 12.4. The summed E-state index contributed by atoms with van der Waals surface area (Å²) in [6.45, 7) is 1.50. The predicted molar refractivity (Wildman–Crippen MR) is 111 cm³/mol. The van der Waals surface area contributed by atoms with Gasteiger partial charge in [0.2, 0.25) is 11.0 Å². The van der Waals surface area contributed by atoms with Gasteiger partial charge in [-0.3, -0.25) is 25.0 Å². The molecule has 10 nitrogen and oxygen atoms in total. The lowest BCUT2D eigenvalue weighted by molar-refractivity contribution is -0.384. The average Bonchev–Trinajstić information content (AvgIpc) is 3.22. The van der Waals surface area contributed by atoms with E-state index >= 15 is 0 Å². The molecule has 0 radical (unpaired) electrons. The van der Waals surface area contributed by atoms with Crippen molar-refractivity contribution in [1.82, 2.24) is 15.5 Å². The Morgan fingerprint density at radius 3 is 2.57 bits per heavy atom. The summed E-state index contributed by atoms with van der Waals surface area (Å²) >= 11 is 1.18. The Morgan fingerprint density at radius 2 is 1.90 bits per heavy atom. The molecule has 1 heterocycles. The van der Waals surface area contributed by atoms with Gasteiger partial charge in [0.1, 0.15) is 16.8 Å². The Hall–Kier alpha value is -3.86.